The maximum absolute atomic E-state index is 4.46. The minimum Gasteiger partial charge on any atom is -0.370 e. The molecule has 1 aromatic heterocycles. The Kier molecular flexibility index (Phi) is 6.01. The van der Waals surface area contributed by atoms with Gasteiger partial charge in [0.15, 0.2) is 0 Å². The maximum Gasteiger partial charge on any atom is 0.134 e. The van der Waals surface area contributed by atoms with E-state index in [1.54, 1.807) is 6.33 Å². The van der Waals surface area contributed by atoms with E-state index in [-0.39, 0.29) is 0 Å². The van der Waals surface area contributed by atoms with E-state index in [0.29, 0.717) is 0 Å². The summed E-state index contributed by atoms with van der Waals surface area (Å²) in [7, 11) is 0. The van der Waals surface area contributed by atoms with Crippen molar-refractivity contribution in [3.05, 3.63) is 48.3 Å². The molecule has 1 fully saturated rings. The zero-order chi connectivity index (χ0) is 16.6. The number of nitrogens with one attached hydrogen (secondary N) is 1. The zero-order valence-corrected chi connectivity index (χ0v) is 14.5. The maximum atomic E-state index is 4.46. The first-order chi connectivity index (χ1) is 11.8. The third kappa shape index (κ3) is 4.68. The van der Waals surface area contributed by atoms with Gasteiger partial charge in [0.25, 0.3) is 0 Å². The van der Waals surface area contributed by atoms with Gasteiger partial charge in [-0.15, -0.1) is 0 Å². The fourth-order valence-corrected chi connectivity index (χ4v) is 2.99. The van der Waals surface area contributed by atoms with Crippen LogP contribution in [0.15, 0.2) is 42.7 Å². The van der Waals surface area contributed by atoms with Crippen LogP contribution >= 0.6 is 0 Å². The fourth-order valence-electron chi connectivity index (χ4n) is 2.99. The van der Waals surface area contributed by atoms with Gasteiger partial charge < -0.3 is 10.2 Å². The molecule has 0 bridgehead atoms. The predicted molar refractivity (Wildman–Crippen MR) is 99.4 cm³/mol. The van der Waals surface area contributed by atoms with Crippen LogP contribution in [-0.4, -0.2) is 47.6 Å². The summed E-state index contributed by atoms with van der Waals surface area (Å²) in [4.78, 5) is 13.6. The molecule has 0 unspecified atom stereocenters. The molecule has 1 aliphatic rings. The van der Waals surface area contributed by atoms with Gasteiger partial charge in [-0.05, 0) is 12.0 Å². The second-order valence-corrected chi connectivity index (χ2v) is 6.29. The van der Waals surface area contributed by atoms with Gasteiger partial charge in [0.05, 0.1) is 0 Å². The molecule has 1 N–H and O–H groups in total. The van der Waals surface area contributed by atoms with Crippen LogP contribution in [0, 0.1) is 0 Å². The van der Waals surface area contributed by atoms with Gasteiger partial charge in [-0.1, -0.05) is 43.7 Å². The molecule has 0 atom stereocenters. The topological polar surface area (TPSA) is 44.3 Å². The molecule has 1 saturated heterocycles. The van der Waals surface area contributed by atoms with Crippen LogP contribution in [0.3, 0.4) is 0 Å². The van der Waals surface area contributed by atoms with Gasteiger partial charge in [-0.2, -0.15) is 0 Å². The van der Waals surface area contributed by atoms with E-state index in [2.05, 4.69) is 68.4 Å². The van der Waals surface area contributed by atoms with Crippen molar-refractivity contribution >= 4 is 11.6 Å². The minimum absolute atomic E-state index is 0.931. The summed E-state index contributed by atoms with van der Waals surface area (Å²) in [5.74, 6) is 1.96. The highest BCUT2D eigenvalue weighted by molar-refractivity contribution is 5.48. The van der Waals surface area contributed by atoms with E-state index in [4.69, 9.17) is 0 Å². The van der Waals surface area contributed by atoms with E-state index in [1.807, 2.05) is 0 Å². The van der Waals surface area contributed by atoms with Crippen molar-refractivity contribution in [1.29, 1.82) is 0 Å². The minimum atomic E-state index is 0.931. The number of benzene rings is 1. The Morgan fingerprint density at radius 3 is 2.58 bits per heavy atom. The lowest BCUT2D eigenvalue weighted by atomic mass is 10.2. The first-order valence-electron chi connectivity index (χ1n) is 8.92. The molecule has 0 spiro atoms. The summed E-state index contributed by atoms with van der Waals surface area (Å²) in [6, 6.07) is 12.8. The molecule has 5 nitrogen and oxygen atoms in total. The number of anilines is 2. The average molecular weight is 325 g/mol. The third-order valence-electron chi connectivity index (χ3n) is 4.43. The summed E-state index contributed by atoms with van der Waals surface area (Å²) in [5.41, 5.74) is 1.38. The number of unbranched alkanes of at least 4 members (excludes halogenated alkanes) is 1. The quantitative estimate of drug-likeness (QED) is 0.793. The van der Waals surface area contributed by atoms with Gasteiger partial charge in [0, 0.05) is 45.3 Å². The van der Waals surface area contributed by atoms with Crippen LogP contribution in [0.25, 0.3) is 0 Å². The van der Waals surface area contributed by atoms with Crippen molar-refractivity contribution in [2.75, 3.05) is 42.9 Å². The second-order valence-electron chi connectivity index (χ2n) is 6.29. The normalized spacial score (nSPS) is 15.5. The lowest BCUT2D eigenvalue weighted by Crippen LogP contribution is -2.46. The molecule has 0 aliphatic carbocycles. The van der Waals surface area contributed by atoms with Crippen molar-refractivity contribution in [3.8, 4) is 0 Å². The highest BCUT2D eigenvalue weighted by Gasteiger charge is 2.18. The number of rotatable bonds is 7. The Morgan fingerprint density at radius 1 is 1.04 bits per heavy atom. The molecule has 1 aromatic carbocycles. The third-order valence-corrected chi connectivity index (χ3v) is 4.43. The smallest absolute Gasteiger partial charge is 0.134 e. The molecule has 0 amide bonds. The Hall–Kier alpha value is -2.14. The van der Waals surface area contributed by atoms with Gasteiger partial charge in [0.2, 0.25) is 0 Å². The summed E-state index contributed by atoms with van der Waals surface area (Å²) in [6.45, 7) is 8.35. The molecule has 2 heterocycles. The van der Waals surface area contributed by atoms with E-state index < -0.39 is 0 Å². The first-order valence-corrected chi connectivity index (χ1v) is 8.92. The van der Waals surface area contributed by atoms with Crippen molar-refractivity contribution in [2.24, 2.45) is 0 Å². The fraction of sp³-hybridized carbons (Fsp3) is 0.474. The van der Waals surface area contributed by atoms with Crippen molar-refractivity contribution < 1.29 is 0 Å². The van der Waals surface area contributed by atoms with Crippen LogP contribution in [0.1, 0.15) is 25.3 Å². The van der Waals surface area contributed by atoms with Crippen molar-refractivity contribution in [3.63, 3.8) is 0 Å². The number of aromatic nitrogens is 2. The van der Waals surface area contributed by atoms with Crippen LogP contribution in [-0.2, 0) is 6.54 Å². The van der Waals surface area contributed by atoms with E-state index >= 15 is 0 Å². The first kappa shape index (κ1) is 16.7. The molecule has 0 saturated carbocycles. The lowest BCUT2D eigenvalue weighted by Gasteiger charge is -2.35. The Morgan fingerprint density at radius 2 is 1.83 bits per heavy atom. The molecule has 0 radical (unpaired) electrons. The van der Waals surface area contributed by atoms with Crippen molar-refractivity contribution in [1.82, 2.24) is 14.9 Å². The molecule has 128 valence electrons. The molecular weight excluding hydrogens is 298 g/mol. The molecular formula is C19H27N5. The van der Waals surface area contributed by atoms with Gasteiger partial charge in [0.1, 0.15) is 18.0 Å². The van der Waals surface area contributed by atoms with Gasteiger partial charge in [-0.25, -0.2) is 9.97 Å². The SMILES string of the molecule is CCCCNc1cc(N2CCN(Cc3ccccc3)CC2)ncn1. The molecule has 2 aromatic rings. The lowest BCUT2D eigenvalue weighted by molar-refractivity contribution is 0.249. The summed E-state index contributed by atoms with van der Waals surface area (Å²) < 4.78 is 0. The predicted octanol–water partition coefficient (Wildman–Crippen LogP) is 3.01. The van der Waals surface area contributed by atoms with Gasteiger partial charge in [-0.3, -0.25) is 4.90 Å². The summed E-state index contributed by atoms with van der Waals surface area (Å²) in [5, 5.41) is 3.38. The summed E-state index contributed by atoms with van der Waals surface area (Å²) in [6.07, 6.45) is 4.02. The number of hydrogen-bond acceptors (Lipinski definition) is 5. The highest BCUT2D eigenvalue weighted by Crippen LogP contribution is 2.17. The molecule has 24 heavy (non-hydrogen) atoms. The number of nitrogens with zero attached hydrogens (tertiary/aromatic N) is 4. The average Bonchev–Trinajstić information content (AvgIpc) is 2.64. The largest absolute Gasteiger partial charge is 0.370 e. The van der Waals surface area contributed by atoms with E-state index in [1.165, 1.54) is 12.0 Å². The van der Waals surface area contributed by atoms with Crippen LogP contribution in [0.4, 0.5) is 11.6 Å². The highest BCUT2D eigenvalue weighted by atomic mass is 15.3. The summed E-state index contributed by atoms with van der Waals surface area (Å²) >= 11 is 0. The van der Waals surface area contributed by atoms with Crippen LogP contribution in [0.2, 0.25) is 0 Å². The monoisotopic (exact) mass is 325 g/mol. The zero-order valence-electron chi connectivity index (χ0n) is 14.5. The van der Waals surface area contributed by atoms with Crippen molar-refractivity contribution in [2.45, 2.75) is 26.3 Å². The number of piperazine rings is 1. The van der Waals surface area contributed by atoms with E-state index in [9.17, 15) is 0 Å². The Labute approximate surface area is 144 Å². The van der Waals surface area contributed by atoms with Crippen LogP contribution in [0.5, 0.6) is 0 Å². The van der Waals surface area contributed by atoms with Gasteiger partial charge >= 0.3 is 0 Å². The van der Waals surface area contributed by atoms with E-state index in [0.717, 1.165) is 57.3 Å². The molecule has 3 rings (SSSR count). The Bertz CT molecular complexity index is 608. The standard InChI is InChI=1S/C19H27N5/c1-2-3-9-20-18-14-19(22-16-21-18)24-12-10-23(11-13-24)15-17-7-5-4-6-8-17/h4-8,14,16H,2-3,9-13,15H2,1H3,(H,20,21,22). The molecule has 1 aliphatic heterocycles. The second kappa shape index (κ2) is 8.64. The Balaban J connectivity index is 1.52. The number of hydrogen-bond donors (Lipinski definition) is 1. The van der Waals surface area contributed by atoms with Crippen LogP contribution < -0.4 is 10.2 Å². The molecule has 5 heteroatoms.